The van der Waals surface area contributed by atoms with Gasteiger partial charge in [0.2, 0.25) is 5.91 Å². The number of quaternary nitrogens is 1. The van der Waals surface area contributed by atoms with Crippen LogP contribution in [0.1, 0.15) is 162 Å². The molecule has 0 aliphatic rings. The van der Waals surface area contributed by atoms with Crippen LogP contribution in [0.15, 0.2) is 36.5 Å². The molecule has 0 aromatic rings. The zero-order valence-corrected chi connectivity index (χ0v) is 33.3. The van der Waals surface area contributed by atoms with Crippen LogP contribution in [0, 0.1) is 0 Å². The molecule has 0 bridgehead atoms. The topological polar surface area (TPSA) is 105 Å². The minimum Gasteiger partial charge on any atom is -0.387 e. The van der Waals surface area contributed by atoms with Crippen molar-refractivity contribution in [3.63, 3.8) is 0 Å². The van der Waals surface area contributed by atoms with E-state index in [-0.39, 0.29) is 25.5 Å². The van der Waals surface area contributed by atoms with E-state index < -0.39 is 20.0 Å². The zero-order valence-electron chi connectivity index (χ0n) is 32.4. The summed E-state index contributed by atoms with van der Waals surface area (Å²) in [4.78, 5) is 23.0. The average Bonchev–Trinajstić information content (AvgIpc) is 3.04. The minimum atomic E-state index is -4.34. The van der Waals surface area contributed by atoms with Crippen molar-refractivity contribution in [3.05, 3.63) is 36.5 Å². The Morgan fingerprint density at radius 2 is 1.16 bits per heavy atom. The van der Waals surface area contributed by atoms with Crippen molar-refractivity contribution in [1.82, 2.24) is 5.32 Å². The van der Waals surface area contributed by atoms with Crippen molar-refractivity contribution in [2.75, 3.05) is 40.9 Å². The van der Waals surface area contributed by atoms with E-state index in [0.29, 0.717) is 17.4 Å². The van der Waals surface area contributed by atoms with Gasteiger partial charge in [-0.2, -0.15) is 0 Å². The van der Waals surface area contributed by atoms with Gasteiger partial charge in [-0.1, -0.05) is 153 Å². The summed E-state index contributed by atoms with van der Waals surface area (Å²) in [5.74, 6) is -0.246. The molecule has 3 atom stereocenters. The number of hydrogen-bond acceptors (Lipinski definition) is 5. The predicted octanol–water partition coefficient (Wildman–Crippen LogP) is 10.4. The van der Waals surface area contributed by atoms with Gasteiger partial charge in [0.05, 0.1) is 39.9 Å². The molecule has 0 saturated heterocycles. The maximum Gasteiger partial charge on any atom is 0.472 e. The average molecular weight is 714 g/mol. The van der Waals surface area contributed by atoms with Crippen LogP contribution >= 0.6 is 7.82 Å². The highest BCUT2D eigenvalue weighted by Crippen LogP contribution is 2.43. The smallest absolute Gasteiger partial charge is 0.387 e. The maximum atomic E-state index is 12.8. The van der Waals surface area contributed by atoms with Crippen LogP contribution in [0.5, 0.6) is 0 Å². The molecule has 0 saturated carbocycles. The van der Waals surface area contributed by atoms with E-state index in [1.807, 2.05) is 33.3 Å². The number of allylic oxidation sites excluding steroid dienone is 5. The maximum absolute atomic E-state index is 12.8. The van der Waals surface area contributed by atoms with Crippen molar-refractivity contribution in [2.24, 2.45) is 0 Å². The SMILES string of the molecule is CCCCCCCC/C=C\C/C=C\CCC(=O)NC(COP(=O)(O)OCC[N+](C)(C)C)C(O)/C=C/CCCCCCCCCCCCCC. The van der Waals surface area contributed by atoms with E-state index >= 15 is 0 Å². The molecule has 0 aliphatic heterocycles. The molecule has 0 rings (SSSR count). The number of rotatable bonds is 35. The number of carbonyl (C=O) groups excluding carboxylic acids is 1. The molecule has 0 aliphatic carbocycles. The van der Waals surface area contributed by atoms with Crippen molar-refractivity contribution in [1.29, 1.82) is 0 Å². The lowest BCUT2D eigenvalue weighted by Gasteiger charge is -2.25. The van der Waals surface area contributed by atoms with Gasteiger partial charge in [0.15, 0.2) is 0 Å². The second kappa shape index (κ2) is 32.6. The predicted molar refractivity (Wildman–Crippen MR) is 208 cm³/mol. The number of phosphoric ester groups is 1. The summed E-state index contributed by atoms with van der Waals surface area (Å²) >= 11 is 0. The van der Waals surface area contributed by atoms with Gasteiger partial charge in [-0.15, -0.1) is 0 Å². The first-order valence-electron chi connectivity index (χ1n) is 19.9. The second-order valence-corrected chi connectivity index (χ2v) is 16.1. The first kappa shape index (κ1) is 47.7. The lowest BCUT2D eigenvalue weighted by molar-refractivity contribution is -0.870. The first-order chi connectivity index (χ1) is 23.5. The number of aliphatic hydroxyl groups is 1. The molecule has 3 N–H and O–H groups in total. The van der Waals surface area contributed by atoms with E-state index in [9.17, 15) is 19.4 Å². The fraction of sp³-hybridized carbons (Fsp3) is 0.825. The number of amides is 1. The Labute approximate surface area is 302 Å². The highest BCUT2D eigenvalue weighted by molar-refractivity contribution is 7.47. The molecule has 3 unspecified atom stereocenters. The van der Waals surface area contributed by atoms with Gasteiger partial charge in [0.1, 0.15) is 13.2 Å². The standard InChI is InChI=1S/C40H77N2O6P/c1-6-8-10-12-14-16-18-20-22-23-25-27-29-31-33-39(43)38(37-48-49(45,46)47-36-35-42(3,4)5)41-40(44)34-32-30-28-26-24-21-19-17-15-13-11-9-7-2/h21,24,28,30-31,33,38-39,43H,6-20,22-23,25-27,29,32,34-37H2,1-5H3,(H-,41,44,45,46)/p+1/b24-21-,30-28-,33-31+. The van der Waals surface area contributed by atoms with Gasteiger partial charge in [-0.05, 0) is 38.5 Å². The second-order valence-electron chi connectivity index (χ2n) is 14.7. The summed E-state index contributed by atoms with van der Waals surface area (Å²) < 4.78 is 23.4. The van der Waals surface area contributed by atoms with Crippen molar-refractivity contribution >= 4 is 13.7 Å². The first-order valence-corrected chi connectivity index (χ1v) is 21.4. The minimum absolute atomic E-state index is 0.0520. The Morgan fingerprint density at radius 1 is 0.694 bits per heavy atom. The number of phosphoric acid groups is 1. The van der Waals surface area contributed by atoms with Crippen molar-refractivity contribution in [3.8, 4) is 0 Å². The third-order valence-corrected chi connectivity index (χ3v) is 9.60. The number of unbranched alkanes of at least 4 members (excludes halogenated alkanes) is 18. The van der Waals surface area contributed by atoms with Gasteiger partial charge in [0.25, 0.3) is 0 Å². The quantitative estimate of drug-likeness (QED) is 0.0261. The number of nitrogens with one attached hydrogen (secondary N) is 1. The Morgan fingerprint density at radius 3 is 1.67 bits per heavy atom. The summed E-state index contributed by atoms with van der Waals surface area (Å²) in [5, 5.41) is 13.7. The molecule has 9 heteroatoms. The normalized spacial score (nSPS) is 15.0. The van der Waals surface area contributed by atoms with Crippen molar-refractivity contribution in [2.45, 2.75) is 174 Å². The summed E-state index contributed by atoms with van der Waals surface area (Å²) in [6.45, 7) is 4.74. The molecule has 0 aromatic carbocycles. The zero-order chi connectivity index (χ0) is 36.5. The van der Waals surface area contributed by atoms with E-state index in [1.165, 1.54) is 103 Å². The van der Waals surface area contributed by atoms with Crippen molar-refractivity contribution < 1.29 is 32.9 Å². The van der Waals surface area contributed by atoms with Crippen LogP contribution < -0.4 is 5.32 Å². The van der Waals surface area contributed by atoms with E-state index in [1.54, 1.807) is 6.08 Å². The number of aliphatic hydroxyl groups excluding tert-OH is 1. The lowest BCUT2D eigenvalue weighted by Crippen LogP contribution is -2.45. The lowest BCUT2D eigenvalue weighted by atomic mass is 10.0. The van der Waals surface area contributed by atoms with Gasteiger partial charge in [-0.3, -0.25) is 13.8 Å². The van der Waals surface area contributed by atoms with Crippen LogP contribution in [0.3, 0.4) is 0 Å². The molecule has 0 radical (unpaired) electrons. The number of hydrogen-bond donors (Lipinski definition) is 3. The number of carbonyl (C=O) groups is 1. The molecule has 0 spiro atoms. The van der Waals surface area contributed by atoms with Gasteiger partial charge in [-0.25, -0.2) is 4.57 Å². The third kappa shape index (κ3) is 34.9. The summed E-state index contributed by atoms with van der Waals surface area (Å²) in [7, 11) is 1.54. The monoisotopic (exact) mass is 714 g/mol. The Kier molecular flexibility index (Phi) is 31.8. The fourth-order valence-corrected chi connectivity index (χ4v) is 6.12. The number of likely N-dealkylation sites (N-methyl/N-ethyl adjacent to an activating group) is 1. The molecule has 0 heterocycles. The third-order valence-electron chi connectivity index (χ3n) is 8.62. The molecule has 1 amide bonds. The molecule has 0 aromatic heterocycles. The fourth-order valence-electron chi connectivity index (χ4n) is 5.38. The molecule has 49 heavy (non-hydrogen) atoms. The van der Waals surface area contributed by atoms with Crippen LogP contribution in [-0.2, 0) is 18.4 Å². The summed E-state index contributed by atoms with van der Waals surface area (Å²) in [6, 6.07) is -0.873. The summed E-state index contributed by atoms with van der Waals surface area (Å²) in [5.41, 5.74) is 0. The molecular formula is C40H78N2O6P+. The van der Waals surface area contributed by atoms with Crippen LogP contribution in [-0.4, -0.2) is 73.4 Å². The summed E-state index contributed by atoms with van der Waals surface area (Å²) in [6.07, 6.45) is 37.9. The van der Waals surface area contributed by atoms with E-state index in [0.717, 1.165) is 32.1 Å². The molecule has 8 nitrogen and oxygen atoms in total. The highest BCUT2D eigenvalue weighted by Gasteiger charge is 2.27. The highest BCUT2D eigenvalue weighted by atomic mass is 31.2. The largest absolute Gasteiger partial charge is 0.472 e. The van der Waals surface area contributed by atoms with E-state index in [2.05, 4.69) is 37.4 Å². The number of nitrogens with zero attached hydrogens (tertiary/aromatic N) is 1. The van der Waals surface area contributed by atoms with Crippen LogP contribution in [0.25, 0.3) is 0 Å². The van der Waals surface area contributed by atoms with E-state index in [4.69, 9.17) is 9.05 Å². The van der Waals surface area contributed by atoms with Crippen LogP contribution in [0.2, 0.25) is 0 Å². The molecule has 0 fully saturated rings. The van der Waals surface area contributed by atoms with Gasteiger partial charge < -0.3 is 19.8 Å². The molecule has 288 valence electrons. The Hall–Kier alpha value is -1.28. The van der Waals surface area contributed by atoms with Gasteiger partial charge in [0, 0.05) is 6.42 Å². The molecular weight excluding hydrogens is 635 g/mol. The van der Waals surface area contributed by atoms with Crippen LogP contribution in [0.4, 0.5) is 0 Å². The van der Waals surface area contributed by atoms with Gasteiger partial charge >= 0.3 is 7.82 Å². The Balaban J connectivity index is 4.61. The Bertz CT molecular complexity index is 902.